The molecule has 0 fully saturated rings. The fourth-order valence-corrected chi connectivity index (χ4v) is 14.0. The van der Waals surface area contributed by atoms with E-state index in [0.29, 0.717) is 3.63 Å². The summed E-state index contributed by atoms with van der Waals surface area (Å²) in [6, 6.07) is 38.6. The Morgan fingerprint density at radius 3 is 1.88 bits per heavy atom. The van der Waals surface area contributed by atoms with Gasteiger partial charge in [-0.25, -0.2) is 0 Å². The van der Waals surface area contributed by atoms with Gasteiger partial charge < -0.3 is 24.8 Å². The number of hydrogen-bond donors (Lipinski definition) is 0. The maximum atomic E-state index is 2.47. The maximum absolute atomic E-state index is 2.47. The fraction of sp³-hybridized carbons (Fsp3) is 0.0968. The van der Waals surface area contributed by atoms with Crippen molar-refractivity contribution in [2.24, 2.45) is 0 Å². The van der Waals surface area contributed by atoms with Gasteiger partial charge in [0, 0.05) is 0 Å². The molecule has 0 unspecified atom stereocenters. The number of benzene rings is 4. The number of hydrogen-bond acceptors (Lipinski definition) is 0. The molecule has 0 spiro atoms. The molecule has 0 aromatic heterocycles. The van der Waals surface area contributed by atoms with Crippen LogP contribution in [0.4, 0.5) is 0 Å². The Bertz CT molecular complexity index is 1290. The minimum absolute atomic E-state index is 0. The first-order valence-electron chi connectivity index (χ1n) is 11.4. The van der Waals surface area contributed by atoms with Gasteiger partial charge in [0.05, 0.1) is 0 Å². The summed E-state index contributed by atoms with van der Waals surface area (Å²) in [7, 11) is 0. The molecule has 34 heavy (non-hydrogen) atoms. The van der Waals surface area contributed by atoms with Crippen molar-refractivity contribution in [1.82, 2.24) is 0 Å². The normalized spacial score (nSPS) is 12.9. The van der Waals surface area contributed by atoms with E-state index in [1.807, 2.05) is 0 Å². The largest absolute Gasteiger partial charge is 1.00 e. The van der Waals surface area contributed by atoms with E-state index >= 15 is 0 Å². The Hall–Kier alpha value is -2.18. The van der Waals surface area contributed by atoms with Gasteiger partial charge in [-0.1, -0.05) is 0 Å². The first kappa shape index (κ1) is 24.9. The molecular formula is C31H25Cl2Zr. The first-order chi connectivity index (χ1) is 15.9. The topological polar surface area (TPSA) is 0 Å². The van der Waals surface area contributed by atoms with E-state index in [0.717, 1.165) is 12.8 Å². The fourth-order valence-electron chi connectivity index (χ4n) is 5.39. The van der Waals surface area contributed by atoms with E-state index in [9.17, 15) is 0 Å². The van der Waals surface area contributed by atoms with Crippen molar-refractivity contribution in [3.8, 4) is 11.1 Å². The zero-order chi connectivity index (χ0) is 21.3. The Balaban J connectivity index is 0.00000137. The van der Waals surface area contributed by atoms with E-state index in [1.54, 1.807) is 12.1 Å². The molecule has 6 rings (SSSR count). The monoisotopic (exact) mass is 557 g/mol. The van der Waals surface area contributed by atoms with Crippen LogP contribution in [0.5, 0.6) is 0 Å². The van der Waals surface area contributed by atoms with E-state index < -0.39 is 21.8 Å². The van der Waals surface area contributed by atoms with Crippen molar-refractivity contribution in [2.45, 2.75) is 16.5 Å². The summed E-state index contributed by atoms with van der Waals surface area (Å²) < 4.78 is 3.85. The number of fused-ring (bicyclic) bond motifs is 3. The quantitative estimate of drug-likeness (QED) is 0.303. The Morgan fingerprint density at radius 2 is 1.24 bits per heavy atom. The van der Waals surface area contributed by atoms with Crippen LogP contribution in [-0.2, 0) is 28.2 Å². The van der Waals surface area contributed by atoms with Crippen molar-refractivity contribution < 1.29 is 46.6 Å². The molecule has 2 aliphatic rings. The van der Waals surface area contributed by atoms with E-state index in [2.05, 4.69) is 121 Å². The maximum Gasteiger partial charge on any atom is -1.00 e. The van der Waals surface area contributed by atoms with Gasteiger partial charge in [-0.3, -0.25) is 0 Å². The molecule has 0 N–H and O–H groups in total. The predicted octanol–water partition coefficient (Wildman–Crippen LogP) is 1.14. The van der Waals surface area contributed by atoms with Gasteiger partial charge in [-0.05, 0) is 0 Å². The molecule has 0 heterocycles. The van der Waals surface area contributed by atoms with Crippen LogP contribution in [0, 0.1) is 0 Å². The molecular weight excluding hydrogens is 534 g/mol. The second-order valence-corrected chi connectivity index (χ2v) is 15.0. The summed E-state index contributed by atoms with van der Waals surface area (Å²) in [5.41, 5.74) is 8.90. The molecule has 0 atom stereocenters. The second kappa shape index (κ2) is 11.0. The van der Waals surface area contributed by atoms with Gasteiger partial charge in [0.25, 0.3) is 0 Å². The smallest absolute Gasteiger partial charge is 1.00 e. The summed E-state index contributed by atoms with van der Waals surface area (Å²) in [5.74, 6) is 0. The summed E-state index contributed by atoms with van der Waals surface area (Å²) in [6.07, 6.45) is 9.25. The van der Waals surface area contributed by atoms with Crippen molar-refractivity contribution in [3.63, 3.8) is 0 Å². The summed E-state index contributed by atoms with van der Waals surface area (Å²) in [6.45, 7) is 0. The van der Waals surface area contributed by atoms with Crippen LogP contribution >= 0.6 is 0 Å². The van der Waals surface area contributed by atoms with E-state index in [-0.39, 0.29) is 24.8 Å². The van der Waals surface area contributed by atoms with Crippen LogP contribution < -0.4 is 28.1 Å². The SMILES string of the molecule is C1=CC[C]([Zr+2]([c]2cccc3c2Cc2ccccc2-3)[CH](c2ccccc2)c2ccccc2)=C1.[Cl-].[Cl-]. The minimum atomic E-state index is -2.38. The molecule has 0 saturated carbocycles. The van der Waals surface area contributed by atoms with E-state index in [1.165, 1.54) is 27.8 Å². The average molecular weight is 560 g/mol. The van der Waals surface area contributed by atoms with Crippen molar-refractivity contribution >= 4 is 3.27 Å². The van der Waals surface area contributed by atoms with Crippen LogP contribution in [0.25, 0.3) is 11.1 Å². The molecule has 0 nitrogen and oxygen atoms in total. The number of allylic oxidation sites excluding steroid dienone is 4. The van der Waals surface area contributed by atoms with Crippen LogP contribution in [0.3, 0.4) is 0 Å². The predicted molar refractivity (Wildman–Crippen MR) is 131 cm³/mol. The number of rotatable bonds is 5. The van der Waals surface area contributed by atoms with Crippen LogP contribution in [0.15, 0.2) is 125 Å². The van der Waals surface area contributed by atoms with Crippen LogP contribution in [0.2, 0.25) is 0 Å². The molecule has 4 aromatic rings. The summed E-state index contributed by atoms with van der Waals surface area (Å²) >= 11 is -2.38. The van der Waals surface area contributed by atoms with Gasteiger partial charge in [0.2, 0.25) is 0 Å². The van der Waals surface area contributed by atoms with Gasteiger partial charge in [0.15, 0.2) is 0 Å². The third-order valence-electron chi connectivity index (χ3n) is 6.81. The molecule has 0 bridgehead atoms. The average Bonchev–Trinajstić information content (AvgIpc) is 3.52. The zero-order valence-electron chi connectivity index (χ0n) is 18.8. The molecule has 0 amide bonds. The summed E-state index contributed by atoms with van der Waals surface area (Å²) in [5, 5.41) is 0. The molecule has 0 aliphatic heterocycles. The first-order valence-corrected chi connectivity index (χ1v) is 15.3. The van der Waals surface area contributed by atoms with Crippen molar-refractivity contribution in [2.75, 3.05) is 0 Å². The van der Waals surface area contributed by atoms with Crippen LogP contribution in [-0.4, -0.2) is 0 Å². The standard InChI is InChI=1S/C13H9.C13H11.C5H5.2ClH.Zr/c1-3-7-12-10(5-1)9-11-6-2-4-8-13(11)12;1-3-7-12(8-4-1)11-13-9-5-2-6-10-13;1-2-4-5-3-1;;;/h1-5,7-8H,9H2;1-11H;1-3H,4H2;2*1H;/q;;;;;+2/p-2. The van der Waals surface area contributed by atoms with E-state index in [4.69, 9.17) is 0 Å². The third kappa shape index (κ3) is 4.55. The second-order valence-electron chi connectivity index (χ2n) is 8.66. The third-order valence-corrected chi connectivity index (χ3v) is 15.1. The molecule has 0 radical (unpaired) electrons. The number of halogens is 2. The zero-order valence-corrected chi connectivity index (χ0v) is 22.8. The summed E-state index contributed by atoms with van der Waals surface area (Å²) in [4.78, 5) is 0. The van der Waals surface area contributed by atoms with Gasteiger partial charge in [-0.2, -0.15) is 0 Å². The molecule has 167 valence electrons. The Labute approximate surface area is 222 Å². The Morgan fingerprint density at radius 1 is 0.618 bits per heavy atom. The minimum Gasteiger partial charge on any atom is -1.00 e. The molecule has 3 heteroatoms. The van der Waals surface area contributed by atoms with Crippen molar-refractivity contribution in [3.05, 3.63) is 147 Å². The van der Waals surface area contributed by atoms with Crippen molar-refractivity contribution in [1.29, 1.82) is 0 Å². The van der Waals surface area contributed by atoms with Gasteiger partial charge in [0.1, 0.15) is 0 Å². The molecule has 4 aromatic carbocycles. The van der Waals surface area contributed by atoms with Gasteiger partial charge in [-0.15, -0.1) is 0 Å². The Kier molecular flexibility index (Phi) is 8.10. The van der Waals surface area contributed by atoms with Gasteiger partial charge >= 0.3 is 200 Å². The molecule has 0 saturated heterocycles. The van der Waals surface area contributed by atoms with Crippen LogP contribution in [0.1, 0.15) is 32.3 Å². The molecule has 2 aliphatic carbocycles.